The predicted molar refractivity (Wildman–Crippen MR) is 119 cm³/mol. The van der Waals surface area contributed by atoms with Crippen molar-refractivity contribution in [2.24, 2.45) is 0 Å². The lowest BCUT2D eigenvalue weighted by Crippen LogP contribution is -2.45. The number of rotatable bonds is 6. The van der Waals surface area contributed by atoms with Gasteiger partial charge in [0.1, 0.15) is 6.04 Å². The standard InChI is InChI=1S/C21H26ClN3O3S/c1-16(25(29(2,27)28)20-10-6-17(22)7-11-20)21(26)23-18-8-12-19(13-9-18)24-14-4-3-5-15-24/h6-13,16H,3-5,14-15H2,1-2H3,(H,23,26)/t16-/m1/s1. The van der Waals surface area contributed by atoms with E-state index in [0.717, 1.165) is 29.3 Å². The molecule has 1 fully saturated rings. The van der Waals surface area contributed by atoms with Crippen molar-refractivity contribution in [1.29, 1.82) is 0 Å². The summed E-state index contributed by atoms with van der Waals surface area (Å²) in [7, 11) is -3.67. The molecule has 2 aromatic rings. The fraction of sp³-hybridized carbons (Fsp3) is 0.381. The molecular weight excluding hydrogens is 410 g/mol. The maximum Gasteiger partial charge on any atom is 0.247 e. The lowest BCUT2D eigenvalue weighted by atomic mass is 10.1. The first-order valence-corrected chi connectivity index (χ1v) is 11.9. The fourth-order valence-corrected chi connectivity index (χ4v) is 4.85. The van der Waals surface area contributed by atoms with Crippen LogP contribution in [0.5, 0.6) is 0 Å². The molecule has 0 unspecified atom stereocenters. The van der Waals surface area contributed by atoms with Crippen LogP contribution in [0, 0.1) is 0 Å². The Morgan fingerprint density at radius 1 is 1.03 bits per heavy atom. The normalized spacial score (nSPS) is 15.6. The first-order chi connectivity index (χ1) is 13.8. The summed E-state index contributed by atoms with van der Waals surface area (Å²) in [5, 5.41) is 3.31. The minimum Gasteiger partial charge on any atom is -0.372 e. The largest absolute Gasteiger partial charge is 0.372 e. The van der Waals surface area contributed by atoms with E-state index in [0.29, 0.717) is 16.4 Å². The molecule has 0 aromatic heterocycles. The highest BCUT2D eigenvalue weighted by atomic mass is 35.5. The highest BCUT2D eigenvalue weighted by Crippen LogP contribution is 2.25. The van der Waals surface area contributed by atoms with Crippen LogP contribution in [-0.2, 0) is 14.8 Å². The number of nitrogens with zero attached hydrogens (tertiary/aromatic N) is 2. The highest BCUT2D eigenvalue weighted by molar-refractivity contribution is 7.92. The third-order valence-corrected chi connectivity index (χ3v) is 6.52. The summed E-state index contributed by atoms with van der Waals surface area (Å²) in [4.78, 5) is 15.1. The summed E-state index contributed by atoms with van der Waals surface area (Å²) >= 11 is 5.90. The Bertz CT molecular complexity index is 940. The summed E-state index contributed by atoms with van der Waals surface area (Å²) < 4.78 is 25.8. The van der Waals surface area contributed by atoms with Gasteiger partial charge in [0.25, 0.3) is 0 Å². The smallest absolute Gasteiger partial charge is 0.247 e. The van der Waals surface area contributed by atoms with Crippen LogP contribution < -0.4 is 14.5 Å². The van der Waals surface area contributed by atoms with Crippen molar-refractivity contribution >= 4 is 44.6 Å². The van der Waals surface area contributed by atoms with Crippen molar-refractivity contribution in [2.45, 2.75) is 32.2 Å². The number of carbonyl (C=O) groups is 1. The SMILES string of the molecule is C[C@H](C(=O)Nc1ccc(N2CCCCC2)cc1)N(c1ccc(Cl)cc1)S(C)(=O)=O. The van der Waals surface area contributed by atoms with Crippen LogP contribution >= 0.6 is 11.6 Å². The van der Waals surface area contributed by atoms with Crippen LogP contribution in [0.25, 0.3) is 0 Å². The van der Waals surface area contributed by atoms with Crippen LogP contribution in [0.3, 0.4) is 0 Å². The molecule has 0 saturated carbocycles. The number of carbonyl (C=O) groups excluding carboxylic acids is 1. The van der Waals surface area contributed by atoms with Crippen molar-refractivity contribution in [3.05, 3.63) is 53.6 Å². The molecule has 0 bridgehead atoms. The maximum atomic E-state index is 12.8. The van der Waals surface area contributed by atoms with Gasteiger partial charge in [-0.05, 0) is 74.7 Å². The first-order valence-electron chi connectivity index (χ1n) is 9.66. The van der Waals surface area contributed by atoms with Gasteiger partial charge < -0.3 is 10.2 Å². The van der Waals surface area contributed by atoms with Crippen molar-refractivity contribution in [1.82, 2.24) is 0 Å². The molecule has 1 aliphatic rings. The lowest BCUT2D eigenvalue weighted by molar-refractivity contribution is -0.116. The second-order valence-corrected chi connectivity index (χ2v) is 9.59. The van der Waals surface area contributed by atoms with E-state index in [1.54, 1.807) is 31.2 Å². The molecule has 156 valence electrons. The summed E-state index contributed by atoms with van der Waals surface area (Å²) in [6.07, 6.45) is 4.75. The van der Waals surface area contributed by atoms with Gasteiger partial charge in [-0.3, -0.25) is 9.10 Å². The Labute approximate surface area is 177 Å². The molecule has 8 heteroatoms. The topological polar surface area (TPSA) is 69.7 Å². The Kier molecular flexibility index (Phi) is 6.70. The predicted octanol–water partition coefficient (Wildman–Crippen LogP) is 4.12. The van der Waals surface area contributed by atoms with Gasteiger partial charge in [0, 0.05) is 29.5 Å². The maximum absolute atomic E-state index is 12.8. The number of halogens is 1. The second kappa shape index (κ2) is 9.05. The zero-order valence-electron chi connectivity index (χ0n) is 16.6. The minimum atomic E-state index is -3.67. The fourth-order valence-electron chi connectivity index (χ4n) is 3.55. The third-order valence-electron chi connectivity index (χ3n) is 5.03. The number of benzene rings is 2. The van der Waals surface area contributed by atoms with Gasteiger partial charge in [-0.1, -0.05) is 11.6 Å². The van der Waals surface area contributed by atoms with E-state index >= 15 is 0 Å². The summed E-state index contributed by atoms with van der Waals surface area (Å²) in [6.45, 7) is 3.66. The molecular formula is C21H26ClN3O3S. The van der Waals surface area contributed by atoms with Crippen molar-refractivity contribution in [2.75, 3.05) is 33.9 Å². The molecule has 1 atom stereocenters. The molecule has 1 amide bonds. The van der Waals surface area contributed by atoms with Crippen LogP contribution in [0.1, 0.15) is 26.2 Å². The molecule has 3 rings (SSSR count). The molecule has 6 nitrogen and oxygen atoms in total. The van der Waals surface area contributed by atoms with Crippen LogP contribution in [-0.4, -0.2) is 39.7 Å². The Morgan fingerprint density at radius 2 is 1.62 bits per heavy atom. The number of nitrogens with one attached hydrogen (secondary N) is 1. The Balaban J connectivity index is 1.73. The molecule has 1 heterocycles. The van der Waals surface area contributed by atoms with Crippen LogP contribution in [0.4, 0.5) is 17.1 Å². The summed E-state index contributed by atoms with van der Waals surface area (Å²) in [6, 6.07) is 13.1. The molecule has 2 aromatic carbocycles. The molecule has 1 aliphatic heterocycles. The van der Waals surface area contributed by atoms with Gasteiger partial charge in [0.2, 0.25) is 15.9 Å². The summed E-state index contributed by atoms with van der Waals surface area (Å²) in [5.41, 5.74) is 2.15. The molecule has 0 radical (unpaired) electrons. The van der Waals surface area contributed by atoms with Gasteiger partial charge in [0.05, 0.1) is 11.9 Å². The number of sulfonamides is 1. The van der Waals surface area contributed by atoms with E-state index in [1.165, 1.54) is 19.3 Å². The molecule has 1 saturated heterocycles. The van der Waals surface area contributed by atoms with Gasteiger partial charge in [0.15, 0.2) is 0 Å². The number of anilines is 3. The zero-order valence-corrected chi connectivity index (χ0v) is 18.2. The molecule has 29 heavy (non-hydrogen) atoms. The number of hydrogen-bond acceptors (Lipinski definition) is 4. The summed E-state index contributed by atoms with van der Waals surface area (Å²) in [5.74, 6) is -0.406. The van der Waals surface area contributed by atoms with E-state index in [9.17, 15) is 13.2 Å². The Morgan fingerprint density at radius 3 is 2.17 bits per heavy atom. The van der Waals surface area contributed by atoms with Crippen molar-refractivity contribution in [3.63, 3.8) is 0 Å². The zero-order chi connectivity index (χ0) is 21.0. The Hall–Kier alpha value is -2.25. The van der Waals surface area contributed by atoms with Gasteiger partial charge in [-0.25, -0.2) is 8.42 Å². The van der Waals surface area contributed by atoms with E-state index in [4.69, 9.17) is 11.6 Å². The van der Waals surface area contributed by atoms with Crippen molar-refractivity contribution < 1.29 is 13.2 Å². The van der Waals surface area contributed by atoms with Crippen molar-refractivity contribution in [3.8, 4) is 0 Å². The van der Waals surface area contributed by atoms with Gasteiger partial charge in [-0.15, -0.1) is 0 Å². The van der Waals surface area contributed by atoms with E-state index in [2.05, 4.69) is 10.2 Å². The van der Waals surface area contributed by atoms with Crippen LogP contribution in [0.15, 0.2) is 48.5 Å². The first kappa shape index (κ1) is 21.5. The average molecular weight is 436 g/mol. The van der Waals surface area contributed by atoms with Crippen LogP contribution in [0.2, 0.25) is 5.02 Å². The number of amides is 1. The minimum absolute atomic E-state index is 0.389. The number of hydrogen-bond donors (Lipinski definition) is 1. The third kappa shape index (κ3) is 5.42. The average Bonchev–Trinajstić information content (AvgIpc) is 2.70. The molecule has 0 spiro atoms. The van der Waals surface area contributed by atoms with Gasteiger partial charge in [-0.2, -0.15) is 0 Å². The molecule has 1 N–H and O–H groups in total. The van der Waals surface area contributed by atoms with E-state index in [1.807, 2.05) is 24.3 Å². The monoisotopic (exact) mass is 435 g/mol. The number of piperidine rings is 1. The van der Waals surface area contributed by atoms with E-state index in [-0.39, 0.29) is 0 Å². The lowest BCUT2D eigenvalue weighted by Gasteiger charge is -2.29. The molecule has 0 aliphatic carbocycles. The highest BCUT2D eigenvalue weighted by Gasteiger charge is 2.29. The second-order valence-electron chi connectivity index (χ2n) is 7.30. The van der Waals surface area contributed by atoms with Gasteiger partial charge >= 0.3 is 0 Å². The quantitative estimate of drug-likeness (QED) is 0.740. The van der Waals surface area contributed by atoms with E-state index < -0.39 is 22.0 Å².